The van der Waals surface area contributed by atoms with Gasteiger partial charge in [0.2, 0.25) is 0 Å². The number of rotatable bonds is 5. The number of alkyl halides is 1. The first kappa shape index (κ1) is 17.9. The normalized spacial score (nSPS) is 21.8. The third kappa shape index (κ3) is 3.42. The molecule has 2 aromatic rings. The number of aromatic carboxylic acids is 1. The molecule has 25 heavy (non-hydrogen) atoms. The van der Waals surface area contributed by atoms with Gasteiger partial charge in [-0.15, -0.1) is 0 Å². The number of benzene rings is 2. The monoisotopic (exact) mass is 450 g/mol. The molecule has 0 aliphatic heterocycles. The van der Waals surface area contributed by atoms with Gasteiger partial charge in [-0.3, -0.25) is 4.79 Å². The standard InChI is InChI=1S/C20H19IO4/c1-12(2)25-19(24)20(11-17(20)21)16-9-7-14(8-10-16)13-3-5-15(6-4-13)18(22)23/h3-10,12,17H,11H2,1-2H3,(H,22,23). The van der Waals surface area contributed by atoms with Crippen molar-refractivity contribution in [2.24, 2.45) is 0 Å². The molecule has 1 N–H and O–H groups in total. The summed E-state index contributed by atoms with van der Waals surface area (Å²) in [6.45, 7) is 3.72. The van der Waals surface area contributed by atoms with Crippen molar-refractivity contribution in [1.82, 2.24) is 0 Å². The maximum Gasteiger partial charge on any atom is 0.335 e. The van der Waals surface area contributed by atoms with Gasteiger partial charge in [0.05, 0.1) is 11.7 Å². The van der Waals surface area contributed by atoms with E-state index < -0.39 is 11.4 Å². The molecule has 5 heteroatoms. The molecule has 1 aliphatic rings. The van der Waals surface area contributed by atoms with E-state index in [1.54, 1.807) is 24.3 Å². The molecule has 0 saturated heterocycles. The van der Waals surface area contributed by atoms with Gasteiger partial charge in [-0.1, -0.05) is 59.0 Å². The van der Waals surface area contributed by atoms with Crippen molar-refractivity contribution < 1.29 is 19.4 Å². The van der Waals surface area contributed by atoms with E-state index in [4.69, 9.17) is 9.84 Å². The second kappa shape index (κ2) is 6.78. The first-order valence-electron chi connectivity index (χ1n) is 8.14. The molecule has 4 nitrogen and oxygen atoms in total. The van der Waals surface area contributed by atoms with E-state index in [9.17, 15) is 9.59 Å². The quantitative estimate of drug-likeness (QED) is 0.416. The SMILES string of the molecule is CC(C)OC(=O)C1(c2ccc(-c3ccc(C(=O)O)cc3)cc2)CC1I. The van der Waals surface area contributed by atoms with E-state index in [1.807, 2.05) is 38.1 Å². The highest BCUT2D eigenvalue weighted by atomic mass is 127. The molecule has 2 atom stereocenters. The highest BCUT2D eigenvalue weighted by Crippen LogP contribution is 2.54. The molecule has 0 aromatic heterocycles. The third-order valence-electron chi connectivity index (χ3n) is 4.45. The lowest BCUT2D eigenvalue weighted by Gasteiger charge is -2.18. The van der Waals surface area contributed by atoms with Crippen LogP contribution in [0, 0.1) is 0 Å². The fourth-order valence-corrected chi connectivity index (χ4v) is 4.24. The van der Waals surface area contributed by atoms with Crippen LogP contribution in [0.3, 0.4) is 0 Å². The smallest absolute Gasteiger partial charge is 0.335 e. The minimum absolute atomic E-state index is 0.124. The van der Waals surface area contributed by atoms with Crippen LogP contribution in [0.15, 0.2) is 48.5 Å². The van der Waals surface area contributed by atoms with Crippen molar-refractivity contribution in [2.75, 3.05) is 0 Å². The van der Waals surface area contributed by atoms with E-state index in [0.717, 1.165) is 23.1 Å². The second-order valence-electron chi connectivity index (χ2n) is 6.56. The Bertz CT molecular complexity index is 795. The van der Waals surface area contributed by atoms with Crippen LogP contribution in [0.1, 0.15) is 36.2 Å². The summed E-state index contributed by atoms with van der Waals surface area (Å²) in [6.07, 6.45) is 0.673. The highest BCUT2D eigenvalue weighted by molar-refractivity contribution is 14.1. The van der Waals surface area contributed by atoms with E-state index in [-0.39, 0.29) is 21.6 Å². The molecule has 1 saturated carbocycles. The molecule has 2 unspecified atom stereocenters. The number of esters is 1. The van der Waals surface area contributed by atoms with Crippen molar-refractivity contribution in [3.8, 4) is 11.1 Å². The Balaban J connectivity index is 1.84. The van der Waals surface area contributed by atoms with Crippen LogP contribution in [0.4, 0.5) is 0 Å². The van der Waals surface area contributed by atoms with Gasteiger partial charge in [0.25, 0.3) is 0 Å². The van der Waals surface area contributed by atoms with E-state index in [1.165, 1.54) is 0 Å². The Morgan fingerprint density at radius 1 is 1.08 bits per heavy atom. The zero-order valence-electron chi connectivity index (χ0n) is 14.0. The number of carboxylic acids is 1. The van der Waals surface area contributed by atoms with Crippen molar-refractivity contribution in [2.45, 2.75) is 35.7 Å². The van der Waals surface area contributed by atoms with Gasteiger partial charge in [0.15, 0.2) is 0 Å². The molecule has 2 aromatic carbocycles. The average molecular weight is 450 g/mol. The van der Waals surface area contributed by atoms with Crippen molar-refractivity contribution in [3.63, 3.8) is 0 Å². The zero-order valence-corrected chi connectivity index (χ0v) is 16.2. The molecule has 130 valence electrons. The van der Waals surface area contributed by atoms with Gasteiger partial charge in [-0.05, 0) is 49.1 Å². The Kier molecular flexibility index (Phi) is 4.86. The van der Waals surface area contributed by atoms with Gasteiger partial charge in [-0.25, -0.2) is 4.79 Å². The van der Waals surface area contributed by atoms with Gasteiger partial charge in [-0.2, -0.15) is 0 Å². The number of carbonyl (C=O) groups excluding carboxylic acids is 1. The Hall–Kier alpha value is -1.89. The molecule has 0 spiro atoms. The van der Waals surface area contributed by atoms with Gasteiger partial charge in [0.1, 0.15) is 5.41 Å². The second-order valence-corrected chi connectivity index (χ2v) is 8.06. The number of hydrogen-bond donors (Lipinski definition) is 1. The number of ether oxygens (including phenoxy) is 1. The van der Waals surface area contributed by atoms with Crippen LogP contribution in [-0.2, 0) is 14.9 Å². The molecule has 0 bridgehead atoms. The van der Waals surface area contributed by atoms with Gasteiger partial charge >= 0.3 is 11.9 Å². The lowest BCUT2D eigenvalue weighted by atomic mass is 9.93. The molecular formula is C20H19IO4. The number of hydrogen-bond acceptors (Lipinski definition) is 3. The maximum atomic E-state index is 12.5. The summed E-state index contributed by atoms with van der Waals surface area (Å²) >= 11 is 2.31. The highest BCUT2D eigenvalue weighted by Gasteiger charge is 2.61. The van der Waals surface area contributed by atoms with Crippen molar-refractivity contribution >= 4 is 34.5 Å². The minimum Gasteiger partial charge on any atom is -0.478 e. The maximum absolute atomic E-state index is 12.5. The summed E-state index contributed by atoms with van der Waals surface area (Å²) in [6, 6.07) is 14.7. The molecule has 1 aliphatic carbocycles. The van der Waals surface area contributed by atoms with Gasteiger partial charge in [0, 0.05) is 3.92 Å². The van der Waals surface area contributed by atoms with Crippen LogP contribution < -0.4 is 0 Å². The van der Waals surface area contributed by atoms with Crippen LogP contribution >= 0.6 is 22.6 Å². The number of halogens is 1. The lowest BCUT2D eigenvalue weighted by molar-refractivity contribution is -0.150. The first-order chi connectivity index (χ1) is 11.8. The predicted octanol–water partition coefficient (Wildman–Crippen LogP) is 4.45. The summed E-state index contributed by atoms with van der Waals surface area (Å²) in [5.41, 5.74) is 2.64. The molecule has 0 heterocycles. The van der Waals surface area contributed by atoms with Crippen LogP contribution in [0.5, 0.6) is 0 Å². The third-order valence-corrected chi connectivity index (χ3v) is 5.95. The van der Waals surface area contributed by atoms with Gasteiger partial charge < -0.3 is 9.84 Å². The fraction of sp³-hybridized carbons (Fsp3) is 0.300. The van der Waals surface area contributed by atoms with Crippen LogP contribution in [-0.4, -0.2) is 27.1 Å². The van der Waals surface area contributed by atoms with E-state index in [2.05, 4.69) is 22.6 Å². The minimum atomic E-state index is -0.936. The topological polar surface area (TPSA) is 63.6 Å². The van der Waals surface area contributed by atoms with E-state index >= 15 is 0 Å². The molecular weight excluding hydrogens is 431 g/mol. The molecule has 0 radical (unpaired) electrons. The molecule has 1 fully saturated rings. The number of carbonyl (C=O) groups is 2. The van der Waals surface area contributed by atoms with Crippen molar-refractivity contribution in [1.29, 1.82) is 0 Å². The fourth-order valence-electron chi connectivity index (χ4n) is 2.94. The first-order valence-corrected chi connectivity index (χ1v) is 9.38. The summed E-state index contributed by atoms with van der Waals surface area (Å²) in [4.78, 5) is 23.5. The molecule has 0 amide bonds. The summed E-state index contributed by atoms with van der Waals surface area (Å²) in [5, 5.41) is 8.97. The summed E-state index contributed by atoms with van der Waals surface area (Å²) in [7, 11) is 0. The van der Waals surface area contributed by atoms with Crippen molar-refractivity contribution in [3.05, 3.63) is 59.7 Å². The van der Waals surface area contributed by atoms with Crippen LogP contribution in [0.2, 0.25) is 0 Å². The summed E-state index contributed by atoms with van der Waals surface area (Å²) < 4.78 is 5.70. The lowest BCUT2D eigenvalue weighted by Crippen LogP contribution is -2.28. The average Bonchev–Trinajstić information content (AvgIpc) is 3.27. The largest absolute Gasteiger partial charge is 0.478 e. The Labute approximate surface area is 160 Å². The van der Waals surface area contributed by atoms with Crippen LogP contribution in [0.25, 0.3) is 11.1 Å². The summed E-state index contributed by atoms with van der Waals surface area (Å²) in [5.74, 6) is -1.09. The zero-order chi connectivity index (χ0) is 18.2. The molecule has 3 rings (SSSR count). The Morgan fingerprint density at radius 3 is 1.96 bits per heavy atom. The number of carboxylic acid groups (broad SMARTS) is 1. The Morgan fingerprint density at radius 2 is 1.56 bits per heavy atom. The van der Waals surface area contributed by atoms with E-state index in [0.29, 0.717) is 0 Å². The predicted molar refractivity (Wildman–Crippen MR) is 104 cm³/mol.